The Morgan fingerprint density at radius 1 is 1.64 bits per heavy atom. The third-order valence-corrected chi connectivity index (χ3v) is 2.28. The Labute approximate surface area is 75.7 Å². The van der Waals surface area contributed by atoms with Crippen LogP contribution in [0.2, 0.25) is 0 Å². The molecule has 0 unspecified atom stereocenters. The Morgan fingerprint density at radius 2 is 2.36 bits per heavy atom. The summed E-state index contributed by atoms with van der Waals surface area (Å²) in [6.07, 6.45) is 5.52. The number of aryl methyl sites for hydroxylation is 2. The largest absolute Gasteiger partial charge is 0.274 e. The highest BCUT2D eigenvalue weighted by atomic mass is 79.9. The van der Waals surface area contributed by atoms with Crippen molar-refractivity contribution in [2.24, 2.45) is 7.05 Å². The van der Waals surface area contributed by atoms with Gasteiger partial charge in [-0.15, -0.1) is 0 Å². The first-order valence-corrected chi connectivity index (χ1v) is 4.71. The minimum atomic E-state index is 1.08. The fourth-order valence-corrected chi connectivity index (χ4v) is 1.59. The van der Waals surface area contributed by atoms with Gasteiger partial charge in [-0.05, 0) is 28.8 Å². The van der Waals surface area contributed by atoms with Crippen molar-refractivity contribution in [1.29, 1.82) is 0 Å². The maximum Gasteiger partial charge on any atom is 0.0766 e. The van der Waals surface area contributed by atoms with Gasteiger partial charge in [0.2, 0.25) is 0 Å². The first-order valence-electron chi connectivity index (χ1n) is 3.92. The van der Waals surface area contributed by atoms with E-state index >= 15 is 0 Å². The van der Waals surface area contributed by atoms with Crippen LogP contribution in [0.25, 0.3) is 0 Å². The minimum Gasteiger partial charge on any atom is -0.274 e. The van der Waals surface area contributed by atoms with E-state index in [-0.39, 0.29) is 0 Å². The van der Waals surface area contributed by atoms with Crippen molar-refractivity contribution in [3.05, 3.63) is 16.4 Å². The summed E-state index contributed by atoms with van der Waals surface area (Å²) >= 11 is 3.46. The summed E-state index contributed by atoms with van der Waals surface area (Å²) in [6, 6.07) is 0. The first kappa shape index (κ1) is 8.78. The zero-order chi connectivity index (χ0) is 8.27. The number of nitrogens with zero attached hydrogens (tertiary/aromatic N) is 2. The van der Waals surface area contributed by atoms with Gasteiger partial charge in [-0.1, -0.05) is 13.3 Å². The molecule has 2 nitrogen and oxygen atoms in total. The van der Waals surface area contributed by atoms with Crippen molar-refractivity contribution in [1.82, 2.24) is 9.78 Å². The first-order chi connectivity index (χ1) is 5.24. The molecule has 0 fully saturated rings. The van der Waals surface area contributed by atoms with Gasteiger partial charge in [-0.2, -0.15) is 5.10 Å². The van der Waals surface area contributed by atoms with E-state index in [2.05, 4.69) is 28.0 Å². The molecule has 1 heterocycles. The molecule has 1 aromatic rings. The molecule has 0 aliphatic carbocycles. The molecule has 1 aromatic heterocycles. The van der Waals surface area contributed by atoms with Crippen molar-refractivity contribution < 1.29 is 0 Å². The molecule has 0 saturated heterocycles. The average molecular weight is 217 g/mol. The Morgan fingerprint density at radius 3 is 2.82 bits per heavy atom. The van der Waals surface area contributed by atoms with E-state index in [1.807, 2.05) is 17.9 Å². The second kappa shape index (κ2) is 3.90. The molecule has 0 radical (unpaired) electrons. The maximum absolute atomic E-state index is 4.32. The quantitative estimate of drug-likeness (QED) is 0.760. The number of unbranched alkanes of at least 4 members (excludes halogenated alkanes) is 1. The van der Waals surface area contributed by atoms with Crippen molar-refractivity contribution in [2.45, 2.75) is 26.2 Å². The predicted octanol–water partition coefficient (Wildman–Crippen LogP) is 2.53. The fraction of sp³-hybridized carbons (Fsp3) is 0.625. The van der Waals surface area contributed by atoms with E-state index in [1.54, 1.807) is 0 Å². The third-order valence-electron chi connectivity index (χ3n) is 1.62. The van der Waals surface area contributed by atoms with Crippen LogP contribution in [0.3, 0.4) is 0 Å². The summed E-state index contributed by atoms with van der Waals surface area (Å²) in [5, 5.41) is 4.32. The van der Waals surface area contributed by atoms with Crippen LogP contribution in [0, 0.1) is 0 Å². The molecule has 0 spiro atoms. The van der Waals surface area contributed by atoms with E-state index < -0.39 is 0 Å². The molecule has 62 valence electrons. The van der Waals surface area contributed by atoms with Crippen LogP contribution in [0.1, 0.15) is 25.5 Å². The van der Waals surface area contributed by atoms with E-state index in [9.17, 15) is 0 Å². The molecule has 0 N–H and O–H groups in total. The summed E-state index contributed by atoms with van der Waals surface area (Å²) in [4.78, 5) is 0. The van der Waals surface area contributed by atoms with E-state index in [0.29, 0.717) is 0 Å². The van der Waals surface area contributed by atoms with E-state index in [0.717, 1.165) is 10.9 Å². The number of rotatable bonds is 3. The zero-order valence-corrected chi connectivity index (χ0v) is 8.56. The lowest BCUT2D eigenvalue weighted by molar-refractivity contribution is 0.713. The molecule has 0 aliphatic rings. The molecular weight excluding hydrogens is 204 g/mol. The molecule has 0 atom stereocenters. The molecular formula is C8H13BrN2. The lowest BCUT2D eigenvalue weighted by atomic mass is 10.2. The molecule has 0 bridgehead atoms. The maximum atomic E-state index is 4.32. The van der Waals surface area contributed by atoms with Gasteiger partial charge in [0.15, 0.2) is 0 Å². The van der Waals surface area contributed by atoms with Gasteiger partial charge in [0, 0.05) is 13.2 Å². The highest BCUT2D eigenvalue weighted by Crippen LogP contribution is 2.15. The van der Waals surface area contributed by atoms with Crippen LogP contribution in [0.5, 0.6) is 0 Å². The smallest absolute Gasteiger partial charge is 0.0766 e. The van der Waals surface area contributed by atoms with Crippen LogP contribution >= 0.6 is 15.9 Å². The number of halogens is 1. The van der Waals surface area contributed by atoms with Crippen molar-refractivity contribution in [3.8, 4) is 0 Å². The molecule has 11 heavy (non-hydrogen) atoms. The second-order valence-corrected chi connectivity index (χ2v) is 3.56. The Hall–Kier alpha value is -0.310. The molecule has 0 aromatic carbocycles. The summed E-state index contributed by atoms with van der Waals surface area (Å²) in [5.74, 6) is 0. The number of hydrogen-bond acceptors (Lipinski definition) is 1. The summed E-state index contributed by atoms with van der Waals surface area (Å²) in [7, 11) is 1.94. The molecule has 0 saturated carbocycles. The van der Waals surface area contributed by atoms with Gasteiger partial charge in [0.25, 0.3) is 0 Å². The predicted molar refractivity (Wildman–Crippen MR) is 49.5 cm³/mol. The number of aromatic nitrogens is 2. The standard InChI is InChI=1S/C8H13BrN2/c1-3-4-5-8-7(9)6-11(2)10-8/h6H,3-5H2,1-2H3. The Balaban J connectivity index is 2.62. The van der Waals surface area contributed by atoms with Gasteiger partial charge >= 0.3 is 0 Å². The topological polar surface area (TPSA) is 17.8 Å². The highest BCUT2D eigenvalue weighted by molar-refractivity contribution is 9.10. The third kappa shape index (κ3) is 2.33. The summed E-state index contributed by atoms with van der Waals surface area (Å²) < 4.78 is 2.98. The SMILES string of the molecule is CCCCc1nn(C)cc1Br. The van der Waals surface area contributed by atoms with Gasteiger partial charge in [-0.25, -0.2) is 0 Å². The summed E-state index contributed by atoms with van der Waals surface area (Å²) in [5.41, 5.74) is 1.18. The highest BCUT2D eigenvalue weighted by Gasteiger charge is 2.02. The van der Waals surface area contributed by atoms with Crippen molar-refractivity contribution in [3.63, 3.8) is 0 Å². The lowest BCUT2D eigenvalue weighted by Gasteiger charge is -1.93. The van der Waals surface area contributed by atoms with Crippen LogP contribution in [0.4, 0.5) is 0 Å². The monoisotopic (exact) mass is 216 g/mol. The second-order valence-electron chi connectivity index (χ2n) is 2.70. The van der Waals surface area contributed by atoms with Gasteiger partial charge in [0.05, 0.1) is 10.2 Å². The van der Waals surface area contributed by atoms with Crippen LogP contribution in [-0.2, 0) is 13.5 Å². The molecule has 1 rings (SSSR count). The van der Waals surface area contributed by atoms with E-state index in [4.69, 9.17) is 0 Å². The van der Waals surface area contributed by atoms with Crippen LogP contribution < -0.4 is 0 Å². The molecule has 0 amide bonds. The molecule has 3 heteroatoms. The Kier molecular flexibility index (Phi) is 3.12. The average Bonchev–Trinajstić information content (AvgIpc) is 2.26. The molecule has 0 aliphatic heterocycles. The van der Waals surface area contributed by atoms with Crippen LogP contribution in [-0.4, -0.2) is 9.78 Å². The van der Waals surface area contributed by atoms with E-state index in [1.165, 1.54) is 18.5 Å². The van der Waals surface area contributed by atoms with Crippen LogP contribution in [0.15, 0.2) is 10.7 Å². The Bertz CT molecular complexity index is 230. The van der Waals surface area contributed by atoms with Crippen molar-refractivity contribution in [2.75, 3.05) is 0 Å². The van der Waals surface area contributed by atoms with Crippen molar-refractivity contribution >= 4 is 15.9 Å². The lowest BCUT2D eigenvalue weighted by Crippen LogP contribution is -1.91. The van der Waals surface area contributed by atoms with Gasteiger partial charge < -0.3 is 0 Å². The normalized spacial score (nSPS) is 10.5. The summed E-state index contributed by atoms with van der Waals surface area (Å²) in [6.45, 7) is 2.19. The van der Waals surface area contributed by atoms with Gasteiger partial charge in [0.1, 0.15) is 0 Å². The fourth-order valence-electron chi connectivity index (χ4n) is 1.02. The minimum absolute atomic E-state index is 1.08. The van der Waals surface area contributed by atoms with Gasteiger partial charge in [-0.3, -0.25) is 4.68 Å². The number of hydrogen-bond donors (Lipinski definition) is 0. The zero-order valence-electron chi connectivity index (χ0n) is 6.97.